The molecule has 6 heteroatoms. The molecule has 1 aliphatic carbocycles. The average Bonchev–Trinajstić information content (AvgIpc) is 3.17. The molecule has 0 amide bonds. The molecule has 0 saturated carbocycles. The molecule has 0 bridgehead atoms. The third-order valence-corrected chi connectivity index (χ3v) is 8.00. The number of primary sulfonamides is 1. The molecule has 1 aliphatic rings. The van der Waals surface area contributed by atoms with Crippen LogP contribution in [0.1, 0.15) is 79.9 Å². The largest absolute Gasteiger partial charge is 0.294 e. The summed E-state index contributed by atoms with van der Waals surface area (Å²) in [6.45, 7) is 6.75. The number of unbranched alkanes of at least 4 members (excludes halogenated alkanes) is 1. The van der Waals surface area contributed by atoms with Gasteiger partial charge in [0.05, 0.1) is 4.90 Å². The number of ketones is 1. The standard InChI is InChI=1S/C26H34ClNO3S/c1-26(2,3)21(16-19-9-4-6-13-23(19)27)11-5-7-14-24(29)20-15-18-10-8-12-22(18)25(17-20)32(28,30)31/h4,6,9,13,15,17,21H,5,7-8,10-12,14,16H2,1-3H3,(H2,28,30,31). The Morgan fingerprint density at radius 3 is 2.50 bits per heavy atom. The molecule has 0 aliphatic heterocycles. The summed E-state index contributed by atoms with van der Waals surface area (Å²) in [6.07, 6.45) is 6.44. The van der Waals surface area contributed by atoms with Crippen molar-refractivity contribution >= 4 is 27.4 Å². The summed E-state index contributed by atoms with van der Waals surface area (Å²) in [6, 6.07) is 11.3. The Kier molecular flexibility index (Phi) is 7.85. The average molecular weight is 476 g/mol. The van der Waals surface area contributed by atoms with Crippen molar-refractivity contribution in [2.24, 2.45) is 16.5 Å². The second-order valence-corrected chi connectivity index (χ2v) is 12.0. The van der Waals surface area contributed by atoms with E-state index in [1.165, 1.54) is 11.6 Å². The van der Waals surface area contributed by atoms with E-state index in [1.807, 2.05) is 24.3 Å². The minimum atomic E-state index is -3.83. The molecule has 1 unspecified atom stereocenters. The maximum absolute atomic E-state index is 12.8. The van der Waals surface area contributed by atoms with Gasteiger partial charge >= 0.3 is 0 Å². The lowest BCUT2D eigenvalue weighted by Crippen LogP contribution is -2.23. The fourth-order valence-electron chi connectivity index (χ4n) is 4.67. The monoisotopic (exact) mass is 475 g/mol. The van der Waals surface area contributed by atoms with E-state index >= 15 is 0 Å². The van der Waals surface area contributed by atoms with Crippen molar-refractivity contribution in [3.05, 3.63) is 63.7 Å². The Morgan fingerprint density at radius 1 is 1.12 bits per heavy atom. The van der Waals surface area contributed by atoms with Crippen LogP contribution in [0.5, 0.6) is 0 Å². The first-order chi connectivity index (χ1) is 15.0. The molecule has 1 atom stereocenters. The van der Waals surface area contributed by atoms with Crippen LogP contribution in [0.4, 0.5) is 0 Å². The second kappa shape index (κ2) is 10.1. The van der Waals surface area contributed by atoms with Gasteiger partial charge in [-0.1, -0.05) is 57.0 Å². The van der Waals surface area contributed by atoms with Gasteiger partial charge in [0.1, 0.15) is 0 Å². The number of nitrogens with two attached hydrogens (primary N) is 1. The summed E-state index contributed by atoms with van der Waals surface area (Å²) >= 11 is 6.38. The number of Topliss-reactive ketones (excluding diaryl/α,β-unsaturated/α-hetero) is 1. The first-order valence-electron chi connectivity index (χ1n) is 11.4. The number of hydrogen-bond acceptors (Lipinski definition) is 3. The minimum Gasteiger partial charge on any atom is -0.294 e. The van der Waals surface area contributed by atoms with Crippen molar-refractivity contribution in [3.8, 4) is 0 Å². The predicted molar refractivity (Wildman–Crippen MR) is 131 cm³/mol. The Balaban J connectivity index is 1.62. The third-order valence-electron chi connectivity index (χ3n) is 6.66. The van der Waals surface area contributed by atoms with Crippen LogP contribution in [0.25, 0.3) is 0 Å². The van der Waals surface area contributed by atoms with Crippen LogP contribution in [0, 0.1) is 11.3 Å². The van der Waals surface area contributed by atoms with E-state index in [-0.39, 0.29) is 16.1 Å². The van der Waals surface area contributed by atoms with Crippen molar-refractivity contribution in [2.45, 2.75) is 77.0 Å². The predicted octanol–water partition coefficient (Wildman–Crippen LogP) is 6.12. The zero-order valence-corrected chi connectivity index (χ0v) is 20.9. The van der Waals surface area contributed by atoms with Gasteiger partial charge < -0.3 is 0 Å². The number of rotatable bonds is 9. The molecule has 174 valence electrons. The Hall–Kier alpha value is -1.69. The van der Waals surface area contributed by atoms with Crippen LogP contribution >= 0.6 is 11.6 Å². The maximum Gasteiger partial charge on any atom is 0.238 e. The molecule has 3 rings (SSSR count). The quantitative estimate of drug-likeness (QED) is 0.350. The van der Waals surface area contributed by atoms with Gasteiger partial charge in [0.15, 0.2) is 5.78 Å². The fourth-order valence-corrected chi connectivity index (χ4v) is 5.75. The second-order valence-electron chi connectivity index (χ2n) is 10.0. The minimum absolute atomic E-state index is 0.0111. The van der Waals surface area contributed by atoms with E-state index in [9.17, 15) is 13.2 Å². The van der Waals surface area contributed by atoms with E-state index < -0.39 is 10.0 Å². The van der Waals surface area contributed by atoms with Gasteiger partial charge in [-0.25, -0.2) is 13.6 Å². The molecule has 0 saturated heterocycles. The van der Waals surface area contributed by atoms with E-state index in [4.69, 9.17) is 16.7 Å². The molecule has 0 spiro atoms. The zero-order valence-electron chi connectivity index (χ0n) is 19.3. The van der Waals surface area contributed by atoms with Crippen molar-refractivity contribution in [2.75, 3.05) is 0 Å². The lowest BCUT2D eigenvalue weighted by molar-refractivity contribution is 0.0977. The van der Waals surface area contributed by atoms with Gasteiger partial charge in [-0.05, 0) is 84.7 Å². The Bertz CT molecular complexity index is 1090. The number of carbonyl (C=O) groups is 1. The van der Waals surface area contributed by atoms with Crippen LogP contribution in [0.2, 0.25) is 5.02 Å². The summed E-state index contributed by atoms with van der Waals surface area (Å²) in [4.78, 5) is 13.0. The highest BCUT2D eigenvalue weighted by molar-refractivity contribution is 7.89. The number of hydrogen-bond donors (Lipinski definition) is 1. The fraction of sp³-hybridized carbons (Fsp3) is 0.500. The number of halogens is 1. The molecule has 2 N–H and O–H groups in total. The summed E-state index contributed by atoms with van der Waals surface area (Å²) in [5.41, 5.74) is 3.51. The molecular formula is C26H34ClNO3S. The van der Waals surface area contributed by atoms with Crippen LogP contribution in [-0.4, -0.2) is 14.2 Å². The molecule has 4 nitrogen and oxygen atoms in total. The number of sulfonamides is 1. The van der Waals surface area contributed by atoms with Crippen molar-refractivity contribution in [1.82, 2.24) is 0 Å². The molecule has 32 heavy (non-hydrogen) atoms. The first-order valence-corrected chi connectivity index (χ1v) is 13.3. The third kappa shape index (κ3) is 6.21. The topological polar surface area (TPSA) is 77.2 Å². The highest BCUT2D eigenvalue weighted by Gasteiger charge is 2.26. The van der Waals surface area contributed by atoms with E-state index in [2.05, 4.69) is 26.8 Å². The zero-order chi connectivity index (χ0) is 23.5. The first kappa shape index (κ1) is 24.9. The normalized spacial score (nSPS) is 14.9. The lowest BCUT2D eigenvalue weighted by atomic mass is 9.74. The summed E-state index contributed by atoms with van der Waals surface area (Å²) in [7, 11) is -3.83. The van der Waals surface area contributed by atoms with Crippen LogP contribution in [-0.2, 0) is 29.3 Å². The highest BCUT2D eigenvalue weighted by Crippen LogP contribution is 2.35. The number of carbonyl (C=O) groups excluding carboxylic acids is 1. The molecule has 0 fully saturated rings. The van der Waals surface area contributed by atoms with Crippen LogP contribution in [0.15, 0.2) is 41.3 Å². The van der Waals surface area contributed by atoms with Gasteiger partial charge in [-0.15, -0.1) is 0 Å². The van der Waals surface area contributed by atoms with Gasteiger partial charge in [0, 0.05) is 17.0 Å². The number of benzene rings is 2. The van der Waals surface area contributed by atoms with Gasteiger partial charge in [-0.2, -0.15) is 0 Å². The molecule has 2 aromatic rings. The van der Waals surface area contributed by atoms with E-state index in [1.54, 1.807) is 0 Å². The van der Waals surface area contributed by atoms with Crippen LogP contribution in [0.3, 0.4) is 0 Å². The van der Waals surface area contributed by atoms with E-state index in [0.29, 0.717) is 24.3 Å². The summed E-state index contributed by atoms with van der Waals surface area (Å²) in [5, 5.41) is 6.22. The molecule has 0 heterocycles. The van der Waals surface area contributed by atoms with E-state index in [0.717, 1.165) is 54.7 Å². The highest BCUT2D eigenvalue weighted by atomic mass is 35.5. The van der Waals surface area contributed by atoms with Crippen LogP contribution < -0.4 is 5.14 Å². The Labute approximate surface area is 197 Å². The van der Waals surface area contributed by atoms with Gasteiger partial charge in [-0.3, -0.25) is 4.79 Å². The summed E-state index contributed by atoms with van der Waals surface area (Å²) in [5.74, 6) is 0.439. The number of aryl methyl sites for hydroxylation is 1. The SMILES string of the molecule is CC(C)(C)C(CCCCC(=O)c1cc2c(c(S(N)(=O)=O)c1)CCC2)Cc1ccccc1Cl. The van der Waals surface area contributed by atoms with Crippen molar-refractivity contribution in [1.29, 1.82) is 0 Å². The lowest BCUT2D eigenvalue weighted by Gasteiger charge is -2.31. The van der Waals surface area contributed by atoms with Crippen molar-refractivity contribution in [3.63, 3.8) is 0 Å². The summed E-state index contributed by atoms with van der Waals surface area (Å²) < 4.78 is 24.1. The van der Waals surface area contributed by atoms with Crippen molar-refractivity contribution < 1.29 is 13.2 Å². The maximum atomic E-state index is 12.8. The molecule has 0 radical (unpaired) electrons. The van der Waals surface area contributed by atoms with Gasteiger partial charge in [0.2, 0.25) is 10.0 Å². The number of fused-ring (bicyclic) bond motifs is 1. The smallest absolute Gasteiger partial charge is 0.238 e. The molecule has 0 aromatic heterocycles. The molecule has 2 aromatic carbocycles. The Morgan fingerprint density at radius 2 is 1.84 bits per heavy atom. The molecular weight excluding hydrogens is 442 g/mol. The van der Waals surface area contributed by atoms with Gasteiger partial charge in [0.25, 0.3) is 0 Å².